The Morgan fingerprint density at radius 2 is 1.81 bits per heavy atom. The first-order valence-corrected chi connectivity index (χ1v) is 10.5. The Bertz CT molecular complexity index is 909. The Labute approximate surface area is 160 Å². The van der Waals surface area contributed by atoms with E-state index in [4.69, 9.17) is 4.74 Å². The molecule has 0 radical (unpaired) electrons. The van der Waals surface area contributed by atoms with Gasteiger partial charge in [-0.3, -0.25) is 4.79 Å². The molecule has 0 saturated heterocycles. The molecule has 2 rings (SSSR count). The van der Waals surface area contributed by atoms with Crippen molar-refractivity contribution in [3.05, 3.63) is 69.7 Å². The molecule has 1 unspecified atom stereocenters. The molecular formula is C18H18BrNO5S. The highest BCUT2D eigenvalue weighted by molar-refractivity contribution is 9.10. The average Bonchev–Trinajstić information content (AvgIpc) is 2.58. The number of sulfone groups is 1. The number of amides is 1. The predicted octanol–water partition coefficient (Wildman–Crippen LogP) is 2.64. The van der Waals surface area contributed by atoms with Gasteiger partial charge in [0.05, 0.1) is 12.9 Å². The highest BCUT2D eigenvalue weighted by atomic mass is 79.9. The SMILES string of the molecule is COC(=O)C(NC(=O)c1cccc(CS(C)(=O)=O)c1)c1ccc(Br)cc1. The maximum absolute atomic E-state index is 12.6. The van der Waals surface area contributed by atoms with Crippen LogP contribution in [0, 0.1) is 0 Å². The van der Waals surface area contributed by atoms with Crippen LogP contribution in [0.3, 0.4) is 0 Å². The minimum atomic E-state index is -3.22. The van der Waals surface area contributed by atoms with Crippen molar-refractivity contribution in [1.82, 2.24) is 5.32 Å². The van der Waals surface area contributed by atoms with Gasteiger partial charge in [0.15, 0.2) is 15.9 Å². The Hall–Kier alpha value is -2.19. The second kappa shape index (κ2) is 8.46. The number of nitrogens with one attached hydrogen (secondary N) is 1. The van der Waals surface area contributed by atoms with Gasteiger partial charge in [0, 0.05) is 16.3 Å². The molecule has 0 spiro atoms. The van der Waals surface area contributed by atoms with Crippen molar-refractivity contribution in [2.75, 3.05) is 13.4 Å². The Balaban J connectivity index is 2.25. The van der Waals surface area contributed by atoms with Crippen LogP contribution in [-0.4, -0.2) is 33.7 Å². The van der Waals surface area contributed by atoms with E-state index in [1.165, 1.54) is 13.2 Å². The number of benzene rings is 2. The first-order valence-electron chi connectivity index (χ1n) is 7.60. The van der Waals surface area contributed by atoms with Gasteiger partial charge in [-0.05, 0) is 35.4 Å². The number of methoxy groups -OCH3 is 1. The lowest BCUT2D eigenvalue weighted by Crippen LogP contribution is -2.34. The standard InChI is InChI=1S/C18H18BrNO5S/c1-25-18(22)16(13-6-8-15(19)9-7-13)20-17(21)14-5-3-4-12(10-14)11-26(2,23)24/h3-10,16H,11H2,1-2H3,(H,20,21). The van der Waals surface area contributed by atoms with Gasteiger partial charge in [0.2, 0.25) is 0 Å². The number of hydrogen-bond acceptors (Lipinski definition) is 5. The predicted molar refractivity (Wildman–Crippen MR) is 101 cm³/mol. The fraction of sp³-hybridized carbons (Fsp3) is 0.222. The third-order valence-corrected chi connectivity index (χ3v) is 4.92. The second-order valence-electron chi connectivity index (χ2n) is 5.75. The summed E-state index contributed by atoms with van der Waals surface area (Å²) in [5, 5.41) is 2.63. The van der Waals surface area contributed by atoms with Crippen molar-refractivity contribution >= 4 is 37.6 Å². The van der Waals surface area contributed by atoms with Gasteiger partial charge in [-0.1, -0.05) is 40.2 Å². The maximum atomic E-state index is 12.6. The van der Waals surface area contributed by atoms with E-state index in [-0.39, 0.29) is 11.3 Å². The highest BCUT2D eigenvalue weighted by Crippen LogP contribution is 2.19. The Morgan fingerprint density at radius 1 is 1.15 bits per heavy atom. The molecule has 1 amide bonds. The molecule has 2 aromatic carbocycles. The third-order valence-electron chi connectivity index (χ3n) is 3.53. The minimum absolute atomic E-state index is 0.165. The van der Waals surface area contributed by atoms with Crippen molar-refractivity contribution in [1.29, 1.82) is 0 Å². The number of halogens is 1. The van der Waals surface area contributed by atoms with Crippen LogP contribution in [0.25, 0.3) is 0 Å². The number of esters is 1. The van der Waals surface area contributed by atoms with E-state index < -0.39 is 27.8 Å². The summed E-state index contributed by atoms with van der Waals surface area (Å²) in [6.45, 7) is 0. The zero-order valence-electron chi connectivity index (χ0n) is 14.2. The molecule has 26 heavy (non-hydrogen) atoms. The molecular weight excluding hydrogens is 422 g/mol. The summed E-state index contributed by atoms with van der Waals surface area (Å²) in [6.07, 6.45) is 1.13. The van der Waals surface area contributed by atoms with Gasteiger partial charge < -0.3 is 10.1 Å². The normalized spacial score (nSPS) is 12.3. The van der Waals surface area contributed by atoms with E-state index in [0.717, 1.165) is 10.7 Å². The number of carbonyl (C=O) groups excluding carboxylic acids is 2. The lowest BCUT2D eigenvalue weighted by atomic mass is 10.1. The fourth-order valence-corrected chi connectivity index (χ4v) is 3.42. The zero-order valence-corrected chi connectivity index (χ0v) is 16.6. The van der Waals surface area contributed by atoms with Crippen LogP contribution in [0.15, 0.2) is 53.0 Å². The molecule has 0 saturated carbocycles. The van der Waals surface area contributed by atoms with Crippen molar-refractivity contribution in [3.8, 4) is 0 Å². The smallest absolute Gasteiger partial charge is 0.333 e. The molecule has 0 aliphatic rings. The second-order valence-corrected chi connectivity index (χ2v) is 8.81. The molecule has 8 heteroatoms. The van der Waals surface area contributed by atoms with E-state index in [0.29, 0.717) is 11.1 Å². The van der Waals surface area contributed by atoms with Gasteiger partial charge in [-0.2, -0.15) is 0 Å². The molecule has 0 aliphatic heterocycles. The van der Waals surface area contributed by atoms with Gasteiger partial charge in [-0.25, -0.2) is 13.2 Å². The van der Waals surface area contributed by atoms with Gasteiger partial charge >= 0.3 is 5.97 Å². The fourth-order valence-electron chi connectivity index (χ4n) is 2.37. The maximum Gasteiger partial charge on any atom is 0.333 e. The molecule has 138 valence electrons. The lowest BCUT2D eigenvalue weighted by Gasteiger charge is -2.17. The Kier molecular flexibility index (Phi) is 6.55. The molecule has 0 fully saturated rings. The van der Waals surface area contributed by atoms with E-state index in [2.05, 4.69) is 21.2 Å². The van der Waals surface area contributed by atoms with Crippen molar-refractivity contribution in [2.24, 2.45) is 0 Å². The number of rotatable bonds is 6. The van der Waals surface area contributed by atoms with Crippen LogP contribution in [0.2, 0.25) is 0 Å². The molecule has 0 bridgehead atoms. The van der Waals surface area contributed by atoms with Crippen LogP contribution < -0.4 is 5.32 Å². The van der Waals surface area contributed by atoms with Crippen LogP contribution >= 0.6 is 15.9 Å². The van der Waals surface area contributed by atoms with Gasteiger partial charge in [0.25, 0.3) is 5.91 Å². The largest absolute Gasteiger partial charge is 0.467 e. The molecule has 0 aliphatic carbocycles. The summed E-state index contributed by atoms with van der Waals surface area (Å²) in [5.74, 6) is -1.27. The van der Waals surface area contributed by atoms with Crippen LogP contribution in [0.4, 0.5) is 0 Å². The molecule has 0 aromatic heterocycles. The summed E-state index contributed by atoms with van der Waals surface area (Å²) < 4.78 is 28.5. The van der Waals surface area contributed by atoms with E-state index in [1.807, 2.05) is 0 Å². The first-order chi connectivity index (χ1) is 12.2. The van der Waals surface area contributed by atoms with E-state index in [9.17, 15) is 18.0 Å². The summed E-state index contributed by atoms with van der Waals surface area (Å²) >= 11 is 3.32. The van der Waals surface area contributed by atoms with Crippen molar-refractivity contribution in [3.63, 3.8) is 0 Å². The minimum Gasteiger partial charge on any atom is -0.467 e. The average molecular weight is 440 g/mol. The third kappa shape index (κ3) is 5.67. The molecule has 6 nitrogen and oxygen atoms in total. The number of carbonyl (C=O) groups is 2. The summed E-state index contributed by atoms with van der Waals surface area (Å²) in [4.78, 5) is 24.6. The van der Waals surface area contributed by atoms with Gasteiger partial charge in [0.1, 0.15) is 0 Å². The summed E-state index contributed by atoms with van der Waals surface area (Å²) in [6, 6.07) is 12.2. The molecule has 2 aromatic rings. The summed E-state index contributed by atoms with van der Waals surface area (Å²) in [7, 11) is -1.97. The summed E-state index contributed by atoms with van der Waals surface area (Å²) in [5.41, 5.74) is 1.33. The van der Waals surface area contributed by atoms with E-state index in [1.54, 1.807) is 42.5 Å². The van der Waals surface area contributed by atoms with Crippen LogP contribution in [0.5, 0.6) is 0 Å². The molecule has 1 atom stereocenters. The van der Waals surface area contributed by atoms with E-state index >= 15 is 0 Å². The van der Waals surface area contributed by atoms with Crippen LogP contribution in [0.1, 0.15) is 27.5 Å². The first kappa shape index (κ1) is 20.1. The van der Waals surface area contributed by atoms with Crippen molar-refractivity contribution in [2.45, 2.75) is 11.8 Å². The molecule has 1 N–H and O–H groups in total. The van der Waals surface area contributed by atoms with Crippen molar-refractivity contribution < 1.29 is 22.7 Å². The topological polar surface area (TPSA) is 89.5 Å². The molecule has 0 heterocycles. The van der Waals surface area contributed by atoms with Crippen LogP contribution in [-0.2, 0) is 25.1 Å². The quantitative estimate of drug-likeness (QED) is 0.698. The lowest BCUT2D eigenvalue weighted by molar-refractivity contribution is -0.143. The Morgan fingerprint density at radius 3 is 2.38 bits per heavy atom. The number of hydrogen-bond donors (Lipinski definition) is 1. The van der Waals surface area contributed by atoms with Gasteiger partial charge in [-0.15, -0.1) is 0 Å². The number of ether oxygens (including phenoxy) is 1. The monoisotopic (exact) mass is 439 g/mol. The zero-order chi connectivity index (χ0) is 19.3. The highest BCUT2D eigenvalue weighted by Gasteiger charge is 2.24.